The number of ketones is 1. The molecule has 1 nitrogen and oxygen atoms in total. The Morgan fingerprint density at radius 3 is 2.15 bits per heavy atom. The summed E-state index contributed by atoms with van der Waals surface area (Å²) in [7, 11) is 3.71. The van der Waals surface area contributed by atoms with Crippen LogP contribution in [0.4, 0.5) is 0 Å². The lowest BCUT2D eigenvalue weighted by Crippen LogP contribution is -2.10. The Bertz CT molecular complexity index is 980. The van der Waals surface area contributed by atoms with Crippen LogP contribution in [0.5, 0.6) is 0 Å². The normalized spacial score (nSPS) is 19.0. The van der Waals surface area contributed by atoms with E-state index in [-0.39, 0.29) is 14.3 Å². The maximum absolute atomic E-state index is 13.2. The number of carbonyl (C=O) groups is 1. The van der Waals surface area contributed by atoms with E-state index >= 15 is 0 Å². The lowest BCUT2D eigenvalue weighted by Gasteiger charge is -2.08. The maximum Gasteiger partial charge on any atom is 0.195 e. The van der Waals surface area contributed by atoms with Gasteiger partial charge in [0.15, 0.2) is 5.78 Å². The summed E-state index contributed by atoms with van der Waals surface area (Å²) in [6.45, 7) is 4.15. The number of hydrogen-bond donors (Lipinski definition) is 0. The minimum atomic E-state index is -0.0209. The van der Waals surface area contributed by atoms with E-state index in [1.807, 2.05) is 52.8 Å². The minimum Gasteiger partial charge on any atom is -0.289 e. The number of aryl methyl sites for hydroxylation is 2. The smallest absolute Gasteiger partial charge is 0.195 e. The molecule has 0 aliphatic carbocycles. The molecule has 0 radical (unpaired) electrons. The third-order valence-electron chi connectivity index (χ3n) is 4.27. The van der Waals surface area contributed by atoms with Gasteiger partial charge in [0, 0.05) is 15.3 Å². The zero-order chi connectivity index (χ0) is 18.3. The monoisotopic (exact) mass is 414 g/mol. The molecule has 26 heavy (non-hydrogen) atoms. The predicted molar refractivity (Wildman–Crippen MR) is 123 cm³/mol. The Kier molecular flexibility index (Phi) is 5.24. The highest BCUT2D eigenvalue weighted by Crippen LogP contribution is 2.65. The highest BCUT2D eigenvalue weighted by atomic mass is 33.5. The van der Waals surface area contributed by atoms with Crippen molar-refractivity contribution in [2.45, 2.75) is 13.8 Å². The largest absolute Gasteiger partial charge is 0.289 e. The summed E-state index contributed by atoms with van der Waals surface area (Å²) in [5.74, 6) is 0.147. The van der Waals surface area contributed by atoms with Gasteiger partial charge in [0.1, 0.15) is 0 Å². The molecule has 0 amide bonds. The fourth-order valence-electron chi connectivity index (χ4n) is 2.79. The number of Topliss-reactive ketones (excluding diaryl/α,β-unsaturated/α-hetero) is 1. The second-order valence-corrected chi connectivity index (χ2v) is 13.0. The van der Waals surface area contributed by atoms with Crippen LogP contribution in [0.25, 0.3) is 4.91 Å². The Morgan fingerprint density at radius 2 is 1.54 bits per heavy atom. The Labute approximate surface area is 168 Å². The quantitative estimate of drug-likeness (QED) is 0.308. The number of benzene rings is 2. The average molecular weight is 415 g/mol. The number of allylic oxidation sites excluding steroid dienone is 2. The second kappa shape index (κ2) is 7.47. The van der Waals surface area contributed by atoms with Crippen molar-refractivity contribution in [2.75, 3.05) is 6.26 Å². The molecule has 132 valence electrons. The van der Waals surface area contributed by atoms with Crippen LogP contribution in [0.15, 0.2) is 64.4 Å². The van der Waals surface area contributed by atoms with E-state index in [1.54, 1.807) is 11.8 Å². The lowest BCUT2D eigenvalue weighted by molar-refractivity contribution is 0.104. The highest BCUT2D eigenvalue weighted by molar-refractivity contribution is 9.19. The van der Waals surface area contributed by atoms with Crippen LogP contribution in [0.2, 0.25) is 0 Å². The van der Waals surface area contributed by atoms with Crippen LogP contribution in [0.1, 0.15) is 27.0 Å². The topological polar surface area (TPSA) is 17.1 Å². The van der Waals surface area contributed by atoms with Crippen LogP contribution < -0.4 is 0 Å². The number of carbonyl (C=O) groups excluding carboxylic acids is 1. The van der Waals surface area contributed by atoms with Crippen LogP contribution in [-0.2, 0) is 0 Å². The Morgan fingerprint density at radius 1 is 0.923 bits per heavy atom. The van der Waals surface area contributed by atoms with E-state index in [4.69, 9.17) is 0 Å². The van der Waals surface area contributed by atoms with Gasteiger partial charge in [-0.15, -0.1) is 11.8 Å². The summed E-state index contributed by atoms with van der Waals surface area (Å²) >= 11 is 1.69. The number of thioether (sulfide) groups is 1. The van der Waals surface area contributed by atoms with E-state index in [1.165, 1.54) is 26.5 Å². The standard InChI is InChI=1S/C21H18OS4/c1-13-4-8-15(9-5-13)17-12-18-19(21(23-3)25-26(18)24-17)20(22)16-10-6-14(2)7-11-16/h4-12H,1-3H3. The molecule has 4 rings (SSSR count). The molecule has 0 fully saturated rings. The molecule has 0 saturated heterocycles. The van der Waals surface area contributed by atoms with E-state index in [0.717, 1.165) is 15.4 Å². The molecule has 0 aromatic heterocycles. The van der Waals surface area contributed by atoms with E-state index < -0.39 is 0 Å². The van der Waals surface area contributed by atoms with Crippen molar-refractivity contribution in [1.82, 2.24) is 0 Å². The molecule has 5 heteroatoms. The first kappa shape index (κ1) is 18.2. The minimum absolute atomic E-state index is 0.0209. The van der Waals surface area contributed by atoms with Crippen molar-refractivity contribution in [3.63, 3.8) is 0 Å². The summed E-state index contributed by atoms with van der Waals surface area (Å²) in [6, 6.07) is 16.5. The summed E-state index contributed by atoms with van der Waals surface area (Å²) in [5, 5.41) is 0. The first-order valence-electron chi connectivity index (χ1n) is 8.23. The molecule has 0 spiro atoms. The van der Waals surface area contributed by atoms with Gasteiger partial charge in [-0.3, -0.25) is 4.79 Å². The lowest BCUT2D eigenvalue weighted by atomic mass is 10.0. The molecule has 2 heterocycles. The van der Waals surface area contributed by atoms with Crippen molar-refractivity contribution < 1.29 is 4.79 Å². The van der Waals surface area contributed by atoms with Gasteiger partial charge < -0.3 is 0 Å². The first-order valence-corrected chi connectivity index (χ1v) is 13.3. The summed E-state index contributed by atoms with van der Waals surface area (Å²) < 4.78 is 1.15. The molecule has 0 N–H and O–H groups in total. The van der Waals surface area contributed by atoms with Crippen LogP contribution in [0, 0.1) is 13.8 Å². The number of rotatable bonds is 4. The average Bonchev–Trinajstić information content (AvgIpc) is 3.19. The van der Waals surface area contributed by atoms with Crippen LogP contribution in [-0.4, -0.2) is 16.9 Å². The van der Waals surface area contributed by atoms with Crippen molar-refractivity contribution in [3.05, 3.63) is 86.7 Å². The number of hydrogen-bond acceptors (Lipinski definition) is 4. The van der Waals surface area contributed by atoms with Gasteiger partial charge in [-0.25, -0.2) is 0 Å². The molecule has 0 saturated carbocycles. The summed E-state index contributed by atoms with van der Waals surface area (Å²) in [6.07, 6.45) is 4.29. The first-order chi connectivity index (χ1) is 12.6. The maximum atomic E-state index is 13.2. The van der Waals surface area contributed by atoms with Crippen molar-refractivity contribution in [2.24, 2.45) is 0 Å². The van der Waals surface area contributed by atoms with Gasteiger partial charge >= 0.3 is 0 Å². The zero-order valence-electron chi connectivity index (χ0n) is 14.7. The van der Waals surface area contributed by atoms with Gasteiger partial charge in [0.05, 0.1) is 9.81 Å². The fourth-order valence-corrected chi connectivity index (χ4v) is 11.6. The molecular weight excluding hydrogens is 396 g/mol. The van der Waals surface area contributed by atoms with Gasteiger partial charge in [-0.1, -0.05) is 79.0 Å². The van der Waals surface area contributed by atoms with E-state index in [0.29, 0.717) is 0 Å². The van der Waals surface area contributed by atoms with Gasteiger partial charge in [0.25, 0.3) is 0 Å². The van der Waals surface area contributed by atoms with Crippen LogP contribution >= 0.6 is 41.9 Å². The van der Waals surface area contributed by atoms with Crippen molar-refractivity contribution in [1.29, 1.82) is 0 Å². The van der Waals surface area contributed by atoms with Crippen molar-refractivity contribution >= 4 is 57.5 Å². The third-order valence-corrected chi connectivity index (χ3v) is 12.0. The Hall–Kier alpha value is -1.14. The Balaban J connectivity index is 1.70. The second-order valence-electron chi connectivity index (χ2n) is 6.20. The predicted octanol–water partition coefficient (Wildman–Crippen LogP) is 6.87. The molecule has 2 aromatic rings. The molecule has 2 aliphatic heterocycles. The van der Waals surface area contributed by atoms with E-state index in [2.05, 4.69) is 43.5 Å². The molecule has 0 bridgehead atoms. The van der Waals surface area contributed by atoms with Crippen molar-refractivity contribution in [3.8, 4) is 0 Å². The molecule has 1 unspecified atom stereocenters. The van der Waals surface area contributed by atoms with E-state index in [9.17, 15) is 4.79 Å². The molecule has 1 atom stereocenters. The fraction of sp³-hybridized carbons (Fsp3) is 0.143. The third kappa shape index (κ3) is 3.38. The molecule has 2 aliphatic rings. The SMILES string of the molecule is CSC1=C(C(=O)c2ccc(C)cc2)C2=S(SC(c3ccc(C)cc3)=C2)S1. The van der Waals surface area contributed by atoms with Crippen LogP contribution in [0.3, 0.4) is 0 Å². The molecule has 2 aromatic carbocycles. The summed E-state index contributed by atoms with van der Waals surface area (Å²) in [5.41, 5.74) is 5.36. The zero-order valence-corrected chi connectivity index (χ0v) is 18.0. The molecular formula is C21H18OS4. The summed E-state index contributed by atoms with van der Waals surface area (Å²) in [4.78, 5) is 15.7. The van der Waals surface area contributed by atoms with Gasteiger partial charge in [-0.2, -0.15) is 0 Å². The van der Waals surface area contributed by atoms with Gasteiger partial charge in [-0.05, 0) is 42.5 Å². The highest BCUT2D eigenvalue weighted by Gasteiger charge is 2.33. The van der Waals surface area contributed by atoms with Gasteiger partial charge in [0.2, 0.25) is 0 Å².